The molecule has 0 aromatic rings. The fraction of sp³-hybridized carbons (Fsp3) is 0.800. The maximum absolute atomic E-state index is 12.0. The van der Waals surface area contributed by atoms with E-state index in [2.05, 4.69) is 10.6 Å². The van der Waals surface area contributed by atoms with Crippen molar-refractivity contribution in [1.29, 1.82) is 0 Å². The summed E-state index contributed by atoms with van der Waals surface area (Å²) in [6.07, 6.45) is 5.66. The van der Waals surface area contributed by atoms with Gasteiger partial charge in [-0.2, -0.15) is 0 Å². The number of nitrogens with one attached hydrogen (secondary N) is 2. The van der Waals surface area contributed by atoms with Crippen LogP contribution >= 0.6 is 0 Å². The molecule has 6 heteroatoms. The number of hydrogen-bond acceptors (Lipinski definition) is 3. The normalized spacial score (nSPS) is 17.0. The predicted octanol–water partition coefficient (Wildman–Crippen LogP) is 1.44. The Morgan fingerprint density at radius 2 is 1.67 bits per heavy atom. The molecule has 0 atom stereocenters. The highest BCUT2D eigenvalue weighted by molar-refractivity contribution is 5.85. The van der Waals surface area contributed by atoms with Gasteiger partial charge in [0.1, 0.15) is 0 Å². The Kier molecular flexibility index (Phi) is 7.19. The number of rotatable bonds is 8. The second-order valence-corrected chi connectivity index (χ2v) is 5.93. The van der Waals surface area contributed by atoms with Gasteiger partial charge in [-0.3, -0.25) is 14.4 Å². The topological polar surface area (TPSA) is 95.5 Å². The highest BCUT2D eigenvalue weighted by Crippen LogP contribution is 2.42. The van der Waals surface area contributed by atoms with Crippen LogP contribution in [0.5, 0.6) is 0 Å². The van der Waals surface area contributed by atoms with Crippen LogP contribution in [0.1, 0.15) is 58.3 Å². The van der Waals surface area contributed by atoms with E-state index in [1.165, 1.54) is 0 Å². The minimum atomic E-state index is -0.856. The molecule has 1 saturated carbocycles. The average molecular weight is 298 g/mol. The second kappa shape index (κ2) is 8.64. The molecule has 0 spiro atoms. The lowest BCUT2D eigenvalue weighted by Gasteiger charge is -2.35. The van der Waals surface area contributed by atoms with Gasteiger partial charge in [-0.25, -0.2) is 0 Å². The monoisotopic (exact) mass is 298 g/mol. The molecule has 0 radical (unpaired) electrons. The molecule has 0 bridgehead atoms. The van der Waals surface area contributed by atoms with Crippen LogP contribution < -0.4 is 10.6 Å². The van der Waals surface area contributed by atoms with Gasteiger partial charge in [0.25, 0.3) is 0 Å². The molecular weight excluding hydrogens is 272 g/mol. The van der Waals surface area contributed by atoms with Crippen LogP contribution in [0.25, 0.3) is 0 Å². The van der Waals surface area contributed by atoms with Crippen LogP contribution in [-0.2, 0) is 14.4 Å². The van der Waals surface area contributed by atoms with Crippen LogP contribution in [0, 0.1) is 5.41 Å². The van der Waals surface area contributed by atoms with Gasteiger partial charge in [-0.15, -0.1) is 0 Å². The van der Waals surface area contributed by atoms with E-state index in [4.69, 9.17) is 5.11 Å². The van der Waals surface area contributed by atoms with E-state index in [9.17, 15) is 14.4 Å². The molecule has 0 saturated heterocycles. The molecule has 0 heterocycles. The van der Waals surface area contributed by atoms with Crippen molar-refractivity contribution in [3.05, 3.63) is 0 Å². The van der Waals surface area contributed by atoms with Crippen molar-refractivity contribution < 1.29 is 19.5 Å². The van der Waals surface area contributed by atoms with E-state index in [0.29, 0.717) is 6.54 Å². The average Bonchev–Trinajstić information content (AvgIpc) is 2.42. The fourth-order valence-electron chi connectivity index (χ4n) is 2.95. The number of carbonyl (C=O) groups is 3. The number of hydrogen-bond donors (Lipinski definition) is 3. The third-order valence-corrected chi connectivity index (χ3v) is 3.99. The first-order valence-electron chi connectivity index (χ1n) is 7.73. The number of aliphatic carboxylic acids is 1. The van der Waals surface area contributed by atoms with E-state index < -0.39 is 11.4 Å². The number of carboxylic acid groups (broad SMARTS) is 1. The summed E-state index contributed by atoms with van der Waals surface area (Å²) in [5.74, 6) is -1.30. The van der Waals surface area contributed by atoms with Gasteiger partial charge >= 0.3 is 5.97 Å². The zero-order valence-electron chi connectivity index (χ0n) is 12.7. The lowest BCUT2D eigenvalue weighted by atomic mass is 9.69. The van der Waals surface area contributed by atoms with Crippen molar-refractivity contribution in [1.82, 2.24) is 10.6 Å². The zero-order valence-corrected chi connectivity index (χ0v) is 12.7. The van der Waals surface area contributed by atoms with Crippen molar-refractivity contribution >= 4 is 17.8 Å². The fourth-order valence-corrected chi connectivity index (χ4v) is 2.95. The molecule has 1 aliphatic rings. The molecule has 0 unspecified atom stereocenters. The molecular formula is C15H26N2O4. The van der Waals surface area contributed by atoms with Gasteiger partial charge in [-0.05, 0) is 24.7 Å². The standard InChI is InChI=1S/C15H26N2O4/c1-2-8-16-13(19)11-17-12(18)9-15(10-14(20)21)6-4-3-5-7-15/h2-11H2,1H3,(H,16,19)(H,17,18)(H,20,21). The lowest BCUT2D eigenvalue weighted by Crippen LogP contribution is -2.40. The van der Waals surface area contributed by atoms with Gasteiger partial charge < -0.3 is 15.7 Å². The smallest absolute Gasteiger partial charge is 0.303 e. The highest BCUT2D eigenvalue weighted by Gasteiger charge is 2.36. The zero-order chi connectivity index (χ0) is 15.7. The summed E-state index contributed by atoms with van der Waals surface area (Å²) >= 11 is 0. The Bertz CT molecular complexity index is 376. The van der Waals surface area contributed by atoms with E-state index in [-0.39, 0.29) is 31.2 Å². The lowest BCUT2D eigenvalue weighted by molar-refractivity contribution is -0.141. The van der Waals surface area contributed by atoms with Gasteiger partial charge in [0.2, 0.25) is 11.8 Å². The Balaban J connectivity index is 2.45. The van der Waals surface area contributed by atoms with Crippen LogP contribution in [-0.4, -0.2) is 36.0 Å². The predicted molar refractivity (Wildman–Crippen MR) is 78.7 cm³/mol. The molecule has 0 aromatic heterocycles. The first-order chi connectivity index (χ1) is 9.97. The summed E-state index contributed by atoms with van der Waals surface area (Å²) in [6, 6.07) is 0. The Hall–Kier alpha value is -1.59. The summed E-state index contributed by atoms with van der Waals surface area (Å²) in [5, 5.41) is 14.3. The maximum atomic E-state index is 12.0. The molecule has 1 rings (SSSR count). The molecule has 6 nitrogen and oxygen atoms in total. The van der Waals surface area contributed by atoms with Gasteiger partial charge in [-0.1, -0.05) is 26.2 Å². The molecule has 1 aliphatic carbocycles. The summed E-state index contributed by atoms with van der Waals surface area (Å²) < 4.78 is 0. The number of amides is 2. The molecule has 21 heavy (non-hydrogen) atoms. The molecule has 3 N–H and O–H groups in total. The van der Waals surface area contributed by atoms with Crippen molar-refractivity contribution in [3.63, 3.8) is 0 Å². The summed E-state index contributed by atoms with van der Waals surface area (Å²) in [7, 11) is 0. The minimum Gasteiger partial charge on any atom is -0.481 e. The highest BCUT2D eigenvalue weighted by atomic mass is 16.4. The maximum Gasteiger partial charge on any atom is 0.303 e. The second-order valence-electron chi connectivity index (χ2n) is 5.93. The Morgan fingerprint density at radius 1 is 1.00 bits per heavy atom. The summed E-state index contributed by atoms with van der Waals surface area (Å²) in [5.41, 5.74) is -0.436. The summed E-state index contributed by atoms with van der Waals surface area (Å²) in [6.45, 7) is 2.51. The quantitative estimate of drug-likeness (QED) is 0.632. The first kappa shape index (κ1) is 17.5. The molecule has 0 aliphatic heterocycles. The van der Waals surface area contributed by atoms with Crippen LogP contribution in [0.3, 0.4) is 0 Å². The number of carboxylic acids is 1. The van der Waals surface area contributed by atoms with E-state index in [1.54, 1.807) is 0 Å². The third kappa shape index (κ3) is 6.60. The SMILES string of the molecule is CCCNC(=O)CNC(=O)CC1(CC(=O)O)CCCCC1. The Morgan fingerprint density at radius 3 is 2.24 bits per heavy atom. The third-order valence-electron chi connectivity index (χ3n) is 3.99. The molecule has 2 amide bonds. The molecule has 120 valence electrons. The molecule has 1 fully saturated rings. The van der Waals surface area contributed by atoms with E-state index >= 15 is 0 Å². The van der Waals surface area contributed by atoms with Crippen molar-refractivity contribution in [2.75, 3.05) is 13.1 Å². The van der Waals surface area contributed by atoms with Gasteiger partial charge in [0.15, 0.2) is 0 Å². The summed E-state index contributed by atoms with van der Waals surface area (Å²) in [4.78, 5) is 34.5. The van der Waals surface area contributed by atoms with Crippen LogP contribution in [0.15, 0.2) is 0 Å². The van der Waals surface area contributed by atoms with Crippen LogP contribution in [0.4, 0.5) is 0 Å². The van der Waals surface area contributed by atoms with E-state index in [0.717, 1.165) is 38.5 Å². The number of carbonyl (C=O) groups excluding carboxylic acids is 2. The van der Waals surface area contributed by atoms with Gasteiger partial charge in [0, 0.05) is 13.0 Å². The van der Waals surface area contributed by atoms with E-state index in [1.807, 2.05) is 6.92 Å². The molecule has 0 aromatic carbocycles. The first-order valence-corrected chi connectivity index (χ1v) is 7.73. The minimum absolute atomic E-state index is 0.0302. The largest absolute Gasteiger partial charge is 0.481 e. The van der Waals surface area contributed by atoms with Crippen molar-refractivity contribution in [2.45, 2.75) is 58.3 Å². The van der Waals surface area contributed by atoms with Gasteiger partial charge in [0.05, 0.1) is 13.0 Å². The van der Waals surface area contributed by atoms with Crippen LogP contribution in [0.2, 0.25) is 0 Å². The van der Waals surface area contributed by atoms with Crippen molar-refractivity contribution in [3.8, 4) is 0 Å². The Labute approximate surface area is 125 Å². The van der Waals surface area contributed by atoms with Crippen molar-refractivity contribution in [2.24, 2.45) is 5.41 Å².